The number of nitrogens with zero attached hydrogens (tertiary/aromatic N) is 1. The lowest BCUT2D eigenvalue weighted by Gasteiger charge is -2.31. The van der Waals surface area contributed by atoms with E-state index in [1.165, 1.54) is 0 Å². The van der Waals surface area contributed by atoms with Gasteiger partial charge in [0.15, 0.2) is 17.3 Å². The molecule has 0 saturated carbocycles. The first-order valence-corrected chi connectivity index (χ1v) is 8.95. The van der Waals surface area contributed by atoms with Crippen molar-refractivity contribution in [2.75, 3.05) is 13.2 Å². The van der Waals surface area contributed by atoms with E-state index >= 15 is 0 Å². The van der Waals surface area contributed by atoms with Crippen molar-refractivity contribution in [3.63, 3.8) is 0 Å². The Kier molecular flexibility index (Phi) is 5.51. The molecule has 27 heavy (non-hydrogen) atoms. The van der Waals surface area contributed by atoms with Crippen LogP contribution in [-0.4, -0.2) is 19.0 Å². The lowest BCUT2D eigenvalue weighted by molar-refractivity contribution is -0.116. The maximum atomic E-state index is 12.6. The number of ketones is 1. The van der Waals surface area contributed by atoms with Crippen molar-refractivity contribution in [1.29, 1.82) is 5.26 Å². The number of Topliss-reactive ketones (excluding diaryl/α,β-unsaturated/α-hetero) is 1. The van der Waals surface area contributed by atoms with Crippen LogP contribution in [0.1, 0.15) is 37.7 Å². The molecule has 0 radical (unpaired) electrons. The van der Waals surface area contributed by atoms with Gasteiger partial charge in [0.05, 0.1) is 12.5 Å². The minimum absolute atomic E-state index is 0.00792. The predicted molar refractivity (Wildman–Crippen MR) is 99.8 cm³/mol. The van der Waals surface area contributed by atoms with Gasteiger partial charge in [-0.2, -0.15) is 5.26 Å². The van der Waals surface area contributed by atoms with Crippen LogP contribution in [-0.2, 0) is 9.53 Å². The number of nitriles is 1. The highest BCUT2D eigenvalue weighted by atomic mass is 16.5. The van der Waals surface area contributed by atoms with Crippen LogP contribution in [0.4, 0.5) is 0 Å². The molecule has 1 aliphatic carbocycles. The Bertz CT molecular complexity index is 877. The molecule has 3 rings (SSSR count). The predicted octanol–water partition coefficient (Wildman–Crippen LogP) is 3.46. The monoisotopic (exact) mass is 366 g/mol. The normalized spacial score (nSPS) is 19.1. The van der Waals surface area contributed by atoms with Gasteiger partial charge in [-0.15, -0.1) is 0 Å². The smallest absolute Gasteiger partial charge is 0.205 e. The van der Waals surface area contributed by atoms with E-state index in [-0.39, 0.29) is 17.2 Å². The second-order valence-corrected chi connectivity index (χ2v) is 6.28. The van der Waals surface area contributed by atoms with Crippen molar-refractivity contribution in [1.82, 2.24) is 0 Å². The summed E-state index contributed by atoms with van der Waals surface area (Å²) in [6.07, 6.45) is 3.45. The second-order valence-electron chi connectivity index (χ2n) is 6.28. The summed E-state index contributed by atoms with van der Waals surface area (Å²) in [5.74, 6) is 1.18. The molecule has 0 aromatic heterocycles. The molecule has 140 valence electrons. The molecule has 6 heteroatoms. The Morgan fingerprint density at radius 1 is 1.37 bits per heavy atom. The zero-order chi connectivity index (χ0) is 19.4. The number of hydrogen-bond acceptors (Lipinski definition) is 6. The highest BCUT2D eigenvalue weighted by Crippen LogP contribution is 2.45. The van der Waals surface area contributed by atoms with E-state index in [0.717, 1.165) is 12.0 Å². The Balaban J connectivity index is 2.10. The number of rotatable bonds is 6. The van der Waals surface area contributed by atoms with E-state index in [4.69, 9.17) is 19.9 Å². The summed E-state index contributed by atoms with van der Waals surface area (Å²) in [6.45, 7) is 6.33. The van der Waals surface area contributed by atoms with Crippen LogP contribution < -0.4 is 15.2 Å². The first-order chi connectivity index (χ1) is 13.1. The van der Waals surface area contributed by atoms with Gasteiger partial charge in [-0.25, -0.2) is 0 Å². The van der Waals surface area contributed by atoms with Crippen molar-refractivity contribution in [2.45, 2.75) is 32.1 Å². The fraction of sp³-hybridized carbons (Fsp3) is 0.333. The van der Waals surface area contributed by atoms with Crippen LogP contribution in [0, 0.1) is 11.3 Å². The van der Waals surface area contributed by atoms with Gasteiger partial charge in [-0.05, 0) is 31.0 Å². The summed E-state index contributed by atoms with van der Waals surface area (Å²) in [5.41, 5.74) is 7.49. The number of carbonyl (C=O) groups is 1. The van der Waals surface area contributed by atoms with E-state index in [2.05, 4.69) is 12.6 Å². The highest BCUT2D eigenvalue weighted by molar-refractivity contribution is 5.99. The SMILES string of the molecule is C=CCOc1ccc([C@@H]2C(C#N)=C(N)OC3=C2C(=O)CCC3)cc1OCC. The molecule has 1 heterocycles. The maximum Gasteiger partial charge on any atom is 0.205 e. The molecule has 0 fully saturated rings. The van der Waals surface area contributed by atoms with Crippen molar-refractivity contribution < 1.29 is 19.0 Å². The Hall–Kier alpha value is -3.20. The zero-order valence-corrected chi connectivity index (χ0v) is 15.3. The molecular weight excluding hydrogens is 344 g/mol. The molecule has 6 nitrogen and oxygen atoms in total. The number of nitrogens with two attached hydrogens (primary N) is 1. The molecule has 1 atom stereocenters. The van der Waals surface area contributed by atoms with Gasteiger partial charge in [0.25, 0.3) is 0 Å². The summed E-state index contributed by atoms with van der Waals surface area (Å²) in [5, 5.41) is 9.64. The quantitative estimate of drug-likeness (QED) is 0.775. The Morgan fingerprint density at radius 3 is 2.89 bits per heavy atom. The van der Waals surface area contributed by atoms with E-state index < -0.39 is 5.92 Å². The number of hydrogen-bond donors (Lipinski definition) is 1. The van der Waals surface area contributed by atoms with Crippen molar-refractivity contribution in [2.24, 2.45) is 5.73 Å². The Labute approximate surface area is 158 Å². The van der Waals surface area contributed by atoms with Gasteiger partial charge in [-0.1, -0.05) is 18.7 Å². The minimum Gasteiger partial charge on any atom is -0.490 e. The lowest BCUT2D eigenvalue weighted by Crippen LogP contribution is -2.27. The van der Waals surface area contributed by atoms with Gasteiger partial charge >= 0.3 is 0 Å². The molecule has 2 N–H and O–H groups in total. The molecule has 1 aromatic rings. The number of ether oxygens (including phenoxy) is 3. The molecular formula is C21H22N2O4. The number of carbonyl (C=O) groups excluding carboxylic acids is 1. The first-order valence-electron chi connectivity index (χ1n) is 8.95. The van der Waals surface area contributed by atoms with Crippen LogP contribution in [0.3, 0.4) is 0 Å². The van der Waals surface area contributed by atoms with Gasteiger partial charge in [0, 0.05) is 18.4 Å². The van der Waals surface area contributed by atoms with Gasteiger partial charge < -0.3 is 19.9 Å². The third-order valence-electron chi connectivity index (χ3n) is 4.56. The largest absolute Gasteiger partial charge is 0.490 e. The van der Waals surface area contributed by atoms with Crippen molar-refractivity contribution in [3.8, 4) is 17.6 Å². The second kappa shape index (κ2) is 8.00. The molecule has 0 spiro atoms. The number of benzene rings is 1. The fourth-order valence-corrected chi connectivity index (χ4v) is 3.43. The highest BCUT2D eigenvalue weighted by Gasteiger charge is 2.38. The van der Waals surface area contributed by atoms with Crippen LogP contribution in [0.5, 0.6) is 11.5 Å². The van der Waals surface area contributed by atoms with Crippen molar-refractivity contribution >= 4 is 5.78 Å². The van der Waals surface area contributed by atoms with E-state index in [1.54, 1.807) is 18.2 Å². The average Bonchev–Trinajstić information content (AvgIpc) is 2.66. The third-order valence-corrected chi connectivity index (χ3v) is 4.56. The molecule has 1 aromatic carbocycles. The topological polar surface area (TPSA) is 94.6 Å². The molecule has 0 saturated heterocycles. The molecule has 0 amide bonds. The number of allylic oxidation sites excluding steroid dienone is 3. The van der Waals surface area contributed by atoms with Crippen LogP contribution in [0.2, 0.25) is 0 Å². The molecule has 0 bridgehead atoms. The van der Waals surface area contributed by atoms with E-state index in [0.29, 0.717) is 48.9 Å². The maximum absolute atomic E-state index is 12.6. The van der Waals surface area contributed by atoms with Crippen LogP contribution >= 0.6 is 0 Å². The van der Waals surface area contributed by atoms with Crippen LogP contribution in [0.15, 0.2) is 53.6 Å². The summed E-state index contributed by atoms with van der Waals surface area (Å²) >= 11 is 0. The summed E-state index contributed by atoms with van der Waals surface area (Å²) < 4.78 is 16.9. The third kappa shape index (κ3) is 3.54. The summed E-state index contributed by atoms with van der Waals surface area (Å²) in [7, 11) is 0. The van der Waals surface area contributed by atoms with Gasteiger partial charge in [0.2, 0.25) is 5.88 Å². The average molecular weight is 366 g/mol. The Morgan fingerprint density at radius 2 is 2.19 bits per heavy atom. The standard InChI is InChI=1S/C21H22N2O4/c1-3-10-26-16-9-8-13(11-18(16)25-4-2)19-14(12-22)21(23)27-17-7-5-6-15(24)20(17)19/h3,8-9,11,19H,1,4-7,10,23H2,2H3/t19-/m1/s1. The summed E-state index contributed by atoms with van der Waals surface area (Å²) in [4.78, 5) is 12.6. The van der Waals surface area contributed by atoms with E-state index in [1.807, 2.05) is 13.0 Å². The minimum atomic E-state index is -0.556. The van der Waals surface area contributed by atoms with Gasteiger partial charge in [-0.3, -0.25) is 4.79 Å². The zero-order valence-electron chi connectivity index (χ0n) is 15.3. The fourth-order valence-electron chi connectivity index (χ4n) is 3.43. The van der Waals surface area contributed by atoms with Crippen LogP contribution in [0.25, 0.3) is 0 Å². The van der Waals surface area contributed by atoms with Gasteiger partial charge in [0.1, 0.15) is 24.0 Å². The molecule has 0 unspecified atom stereocenters. The van der Waals surface area contributed by atoms with E-state index in [9.17, 15) is 10.1 Å². The lowest BCUT2D eigenvalue weighted by atomic mass is 9.77. The van der Waals surface area contributed by atoms with Crippen molar-refractivity contribution in [3.05, 3.63) is 59.2 Å². The first kappa shape index (κ1) is 18.6. The molecule has 1 aliphatic heterocycles. The molecule has 2 aliphatic rings. The summed E-state index contributed by atoms with van der Waals surface area (Å²) in [6, 6.07) is 7.52.